The Labute approximate surface area is 114 Å². The van der Waals surface area contributed by atoms with Crippen LogP contribution in [0.3, 0.4) is 0 Å². The van der Waals surface area contributed by atoms with Gasteiger partial charge in [-0.2, -0.15) is 11.8 Å². The highest BCUT2D eigenvalue weighted by molar-refractivity contribution is 7.99. The molecule has 3 N–H and O–H groups in total. The zero-order chi connectivity index (χ0) is 13.7. The Kier molecular flexibility index (Phi) is 4.86. The van der Waals surface area contributed by atoms with Crippen molar-refractivity contribution < 1.29 is 19.1 Å². The van der Waals surface area contributed by atoms with Crippen LogP contribution in [0.1, 0.15) is 22.7 Å². The van der Waals surface area contributed by atoms with Gasteiger partial charge in [0, 0.05) is 30.5 Å². The van der Waals surface area contributed by atoms with Crippen LogP contribution in [0.15, 0.2) is 16.5 Å². The molecule has 0 radical (unpaired) electrons. The van der Waals surface area contributed by atoms with Gasteiger partial charge in [-0.3, -0.25) is 4.79 Å². The lowest BCUT2D eigenvalue weighted by molar-refractivity contribution is -0.121. The fraction of sp³-hybridized carbons (Fsp3) is 0.500. The third kappa shape index (κ3) is 4.29. The number of rotatable bonds is 5. The number of carboxylic acids is 1. The average Bonchev–Trinajstić information content (AvgIpc) is 2.86. The number of nitrogens with one attached hydrogen (secondary N) is 2. The standard InChI is InChI=1S/C12H16N2O4S/c15-11(5-8-7-19-4-3-13-8)14-6-9-1-2-10(18-9)12(16)17/h1-2,8,13H,3-7H2,(H,14,15)(H,16,17). The molecule has 0 saturated carbocycles. The normalized spacial score (nSPS) is 19.1. The van der Waals surface area contributed by atoms with Gasteiger partial charge in [0.1, 0.15) is 5.76 Å². The van der Waals surface area contributed by atoms with Gasteiger partial charge in [-0.05, 0) is 12.1 Å². The molecule has 1 amide bonds. The number of furan rings is 1. The third-order valence-corrected chi connectivity index (χ3v) is 3.89. The summed E-state index contributed by atoms with van der Waals surface area (Å²) in [5.74, 6) is 1.18. The van der Waals surface area contributed by atoms with E-state index in [9.17, 15) is 9.59 Å². The van der Waals surface area contributed by atoms with Crippen LogP contribution in [0.5, 0.6) is 0 Å². The minimum Gasteiger partial charge on any atom is -0.475 e. The lowest BCUT2D eigenvalue weighted by Gasteiger charge is -2.22. The van der Waals surface area contributed by atoms with Crippen LogP contribution in [0.25, 0.3) is 0 Å². The highest BCUT2D eigenvalue weighted by Crippen LogP contribution is 2.11. The van der Waals surface area contributed by atoms with Gasteiger partial charge < -0.3 is 20.2 Å². The fourth-order valence-electron chi connectivity index (χ4n) is 1.82. The van der Waals surface area contributed by atoms with Crippen LogP contribution >= 0.6 is 11.8 Å². The second kappa shape index (κ2) is 6.63. The Morgan fingerprint density at radius 3 is 3.00 bits per heavy atom. The Morgan fingerprint density at radius 2 is 2.37 bits per heavy atom. The summed E-state index contributed by atoms with van der Waals surface area (Å²) < 4.78 is 5.05. The van der Waals surface area contributed by atoms with E-state index < -0.39 is 5.97 Å². The van der Waals surface area contributed by atoms with Gasteiger partial charge in [-0.15, -0.1) is 0 Å². The second-order valence-corrected chi connectivity index (χ2v) is 5.43. The van der Waals surface area contributed by atoms with Crippen LogP contribution in [-0.4, -0.2) is 41.1 Å². The molecule has 1 saturated heterocycles. The lowest BCUT2D eigenvalue weighted by Crippen LogP contribution is -2.41. The molecule has 7 heteroatoms. The maximum Gasteiger partial charge on any atom is 0.371 e. The van der Waals surface area contributed by atoms with E-state index in [2.05, 4.69) is 10.6 Å². The molecule has 0 bridgehead atoms. The van der Waals surface area contributed by atoms with Crippen molar-refractivity contribution in [1.29, 1.82) is 0 Å². The number of aromatic carboxylic acids is 1. The van der Waals surface area contributed by atoms with Gasteiger partial charge in [0.05, 0.1) is 6.54 Å². The van der Waals surface area contributed by atoms with E-state index in [-0.39, 0.29) is 24.3 Å². The Bertz CT molecular complexity index is 454. The molecule has 6 nitrogen and oxygen atoms in total. The predicted molar refractivity (Wildman–Crippen MR) is 71.2 cm³/mol. The number of carbonyl (C=O) groups is 2. The summed E-state index contributed by atoms with van der Waals surface area (Å²) in [6, 6.07) is 3.15. The van der Waals surface area contributed by atoms with E-state index in [4.69, 9.17) is 9.52 Å². The van der Waals surface area contributed by atoms with Crippen molar-refractivity contribution in [3.05, 3.63) is 23.7 Å². The summed E-state index contributed by atoms with van der Waals surface area (Å²) >= 11 is 1.84. The van der Waals surface area contributed by atoms with Crippen LogP contribution < -0.4 is 10.6 Å². The number of carboxylic acid groups (broad SMARTS) is 1. The first-order chi connectivity index (χ1) is 9.15. The summed E-state index contributed by atoms with van der Waals surface area (Å²) in [5, 5.41) is 14.7. The molecular weight excluding hydrogens is 268 g/mol. The quantitative estimate of drug-likeness (QED) is 0.737. The molecule has 1 unspecified atom stereocenters. The Hall–Kier alpha value is -1.47. The minimum atomic E-state index is -1.11. The van der Waals surface area contributed by atoms with Crippen LogP contribution in [-0.2, 0) is 11.3 Å². The van der Waals surface area contributed by atoms with Crippen molar-refractivity contribution in [1.82, 2.24) is 10.6 Å². The summed E-state index contributed by atoms with van der Waals surface area (Å²) in [4.78, 5) is 22.3. The number of carbonyl (C=O) groups excluding carboxylic acids is 1. The number of hydrogen-bond donors (Lipinski definition) is 3. The van der Waals surface area contributed by atoms with Gasteiger partial charge in [-0.25, -0.2) is 4.79 Å². The largest absolute Gasteiger partial charge is 0.475 e. The maximum absolute atomic E-state index is 11.7. The van der Waals surface area contributed by atoms with E-state index in [1.165, 1.54) is 6.07 Å². The average molecular weight is 284 g/mol. The van der Waals surface area contributed by atoms with Gasteiger partial charge in [0.2, 0.25) is 11.7 Å². The number of thioether (sulfide) groups is 1. The molecule has 2 rings (SSSR count). The van der Waals surface area contributed by atoms with E-state index >= 15 is 0 Å². The van der Waals surface area contributed by atoms with Crippen LogP contribution in [0, 0.1) is 0 Å². The van der Waals surface area contributed by atoms with Crippen LogP contribution in [0.4, 0.5) is 0 Å². The smallest absolute Gasteiger partial charge is 0.371 e. The van der Waals surface area contributed by atoms with E-state index in [0.29, 0.717) is 12.2 Å². The molecule has 2 heterocycles. The highest BCUT2D eigenvalue weighted by atomic mass is 32.2. The molecular formula is C12H16N2O4S. The van der Waals surface area contributed by atoms with Crippen LogP contribution in [0.2, 0.25) is 0 Å². The lowest BCUT2D eigenvalue weighted by atomic mass is 10.2. The molecule has 1 aromatic heterocycles. The summed E-state index contributed by atoms with van der Waals surface area (Å²) in [7, 11) is 0. The van der Waals surface area contributed by atoms with Crippen molar-refractivity contribution in [3.63, 3.8) is 0 Å². The minimum absolute atomic E-state index is 0.0618. The summed E-state index contributed by atoms with van der Waals surface area (Å²) in [6.07, 6.45) is 0.430. The molecule has 0 aromatic carbocycles. The Balaban J connectivity index is 1.74. The molecule has 1 aliphatic heterocycles. The monoisotopic (exact) mass is 284 g/mol. The molecule has 0 aliphatic carbocycles. The fourth-order valence-corrected chi connectivity index (χ4v) is 2.77. The summed E-state index contributed by atoms with van der Waals surface area (Å²) in [5.41, 5.74) is 0. The van der Waals surface area contributed by atoms with Crippen molar-refractivity contribution in [2.45, 2.75) is 19.0 Å². The van der Waals surface area contributed by atoms with E-state index in [0.717, 1.165) is 18.1 Å². The zero-order valence-electron chi connectivity index (χ0n) is 10.3. The topological polar surface area (TPSA) is 91.6 Å². The Morgan fingerprint density at radius 1 is 1.53 bits per heavy atom. The van der Waals surface area contributed by atoms with Crippen molar-refractivity contribution in [2.75, 3.05) is 18.1 Å². The molecule has 104 valence electrons. The third-order valence-electron chi connectivity index (χ3n) is 2.76. The second-order valence-electron chi connectivity index (χ2n) is 4.28. The van der Waals surface area contributed by atoms with Gasteiger partial charge in [0.25, 0.3) is 0 Å². The zero-order valence-corrected chi connectivity index (χ0v) is 11.2. The predicted octanol–water partition coefficient (Wildman–Crippen LogP) is 0.689. The molecule has 0 spiro atoms. The number of amides is 1. The molecule has 1 aromatic rings. The number of hydrogen-bond acceptors (Lipinski definition) is 5. The van der Waals surface area contributed by atoms with Gasteiger partial charge >= 0.3 is 5.97 Å². The first-order valence-electron chi connectivity index (χ1n) is 6.05. The maximum atomic E-state index is 11.7. The first-order valence-corrected chi connectivity index (χ1v) is 7.20. The van der Waals surface area contributed by atoms with E-state index in [1.807, 2.05) is 11.8 Å². The molecule has 1 fully saturated rings. The van der Waals surface area contributed by atoms with Crippen molar-refractivity contribution in [2.24, 2.45) is 0 Å². The SMILES string of the molecule is O=C(CC1CSCCN1)NCc1ccc(C(=O)O)o1. The molecule has 1 aliphatic rings. The first kappa shape index (κ1) is 14.0. The van der Waals surface area contributed by atoms with Crippen molar-refractivity contribution >= 4 is 23.6 Å². The highest BCUT2D eigenvalue weighted by Gasteiger charge is 2.17. The molecule has 1 atom stereocenters. The molecule has 19 heavy (non-hydrogen) atoms. The van der Waals surface area contributed by atoms with Gasteiger partial charge in [0.15, 0.2) is 0 Å². The summed E-state index contributed by atoms with van der Waals surface area (Å²) in [6.45, 7) is 1.15. The van der Waals surface area contributed by atoms with Gasteiger partial charge in [-0.1, -0.05) is 0 Å². The van der Waals surface area contributed by atoms with Crippen molar-refractivity contribution in [3.8, 4) is 0 Å². The van der Waals surface area contributed by atoms with E-state index in [1.54, 1.807) is 6.07 Å².